The van der Waals surface area contributed by atoms with Crippen molar-refractivity contribution in [3.05, 3.63) is 90.0 Å². The van der Waals surface area contributed by atoms with E-state index in [1.807, 2.05) is 71.6 Å². The number of anilines is 1. The van der Waals surface area contributed by atoms with Gasteiger partial charge in [0.05, 0.1) is 0 Å². The zero-order valence-electron chi connectivity index (χ0n) is 15.6. The van der Waals surface area contributed by atoms with Gasteiger partial charge in [0.25, 0.3) is 5.91 Å². The van der Waals surface area contributed by atoms with Gasteiger partial charge >= 0.3 is 0 Å². The van der Waals surface area contributed by atoms with E-state index in [4.69, 9.17) is 0 Å². The van der Waals surface area contributed by atoms with Gasteiger partial charge < -0.3 is 10.2 Å². The van der Waals surface area contributed by atoms with Gasteiger partial charge in [-0.2, -0.15) is 0 Å². The molecule has 1 N–H and O–H groups in total. The molecule has 3 aromatic rings. The number of benzene rings is 3. The fourth-order valence-electron chi connectivity index (χ4n) is 3.44. The van der Waals surface area contributed by atoms with Crippen molar-refractivity contribution >= 4 is 17.5 Å². The van der Waals surface area contributed by atoms with E-state index >= 15 is 0 Å². The summed E-state index contributed by atoms with van der Waals surface area (Å²) >= 11 is 0. The Morgan fingerprint density at radius 2 is 1.54 bits per heavy atom. The Hall–Kier alpha value is -3.40. The van der Waals surface area contributed by atoms with Crippen molar-refractivity contribution in [3.8, 4) is 11.1 Å². The highest BCUT2D eigenvalue weighted by atomic mass is 16.2. The first kappa shape index (κ1) is 18.0. The molecule has 4 heteroatoms. The SMILES string of the molecule is O=C(NCc1ccc(N2CCCC2=O)cc1)c1ccc(-c2ccccc2)cc1. The number of hydrogen-bond donors (Lipinski definition) is 1. The third-order valence-electron chi connectivity index (χ3n) is 5.03. The van der Waals surface area contributed by atoms with E-state index in [1.165, 1.54) is 0 Å². The lowest BCUT2D eigenvalue weighted by molar-refractivity contribution is -0.117. The van der Waals surface area contributed by atoms with Crippen LogP contribution < -0.4 is 10.2 Å². The molecule has 1 saturated heterocycles. The molecule has 0 aliphatic carbocycles. The zero-order valence-corrected chi connectivity index (χ0v) is 15.6. The Balaban J connectivity index is 1.36. The van der Waals surface area contributed by atoms with Crippen molar-refractivity contribution in [2.75, 3.05) is 11.4 Å². The summed E-state index contributed by atoms with van der Waals surface area (Å²) in [6, 6.07) is 25.5. The van der Waals surface area contributed by atoms with Gasteiger partial charge in [-0.25, -0.2) is 0 Å². The summed E-state index contributed by atoms with van der Waals surface area (Å²) in [5.41, 5.74) is 4.79. The first-order chi connectivity index (χ1) is 13.7. The van der Waals surface area contributed by atoms with Gasteiger partial charge in [0.15, 0.2) is 0 Å². The summed E-state index contributed by atoms with van der Waals surface area (Å²) in [4.78, 5) is 26.1. The lowest BCUT2D eigenvalue weighted by Crippen LogP contribution is -2.24. The van der Waals surface area contributed by atoms with Gasteiger partial charge in [0, 0.05) is 30.8 Å². The predicted octanol–water partition coefficient (Wildman–Crippen LogP) is 4.41. The van der Waals surface area contributed by atoms with Crippen LogP contribution in [0.3, 0.4) is 0 Å². The molecule has 0 unspecified atom stereocenters. The second kappa shape index (κ2) is 8.09. The summed E-state index contributed by atoms with van der Waals surface area (Å²) < 4.78 is 0. The molecule has 0 bridgehead atoms. The molecule has 28 heavy (non-hydrogen) atoms. The first-order valence-corrected chi connectivity index (χ1v) is 9.54. The van der Waals surface area contributed by atoms with Crippen LogP contribution in [0.4, 0.5) is 5.69 Å². The highest BCUT2D eigenvalue weighted by Gasteiger charge is 2.21. The number of nitrogens with zero attached hydrogens (tertiary/aromatic N) is 1. The Bertz CT molecular complexity index is 964. The minimum atomic E-state index is -0.0987. The number of amides is 2. The van der Waals surface area contributed by atoms with Crippen molar-refractivity contribution < 1.29 is 9.59 Å². The van der Waals surface area contributed by atoms with Crippen molar-refractivity contribution in [2.45, 2.75) is 19.4 Å². The maximum Gasteiger partial charge on any atom is 0.251 e. The van der Waals surface area contributed by atoms with Crippen LogP contribution in [0.1, 0.15) is 28.8 Å². The van der Waals surface area contributed by atoms with Crippen LogP contribution in [0, 0.1) is 0 Å². The van der Waals surface area contributed by atoms with Crippen molar-refractivity contribution in [3.63, 3.8) is 0 Å². The molecule has 0 aromatic heterocycles. The quantitative estimate of drug-likeness (QED) is 0.723. The van der Waals surface area contributed by atoms with E-state index in [1.54, 1.807) is 0 Å². The molecule has 4 nitrogen and oxygen atoms in total. The Morgan fingerprint density at radius 1 is 0.857 bits per heavy atom. The average molecular weight is 370 g/mol. The van der Waals surface area contributed by atoms with E-state index in [0.29, 0.717) is 18.5 Å². The molecule has 4 rings (SSSR count). The van der Waals surface area contributed by atoms with E-state index < -0.39 is 0 Å². The molecule has 0 saturated carbocycles. The van der Waals surface area contributed by atoms with Gasteiger partial charge in [0.2, 0.25) is 5.91 Å². The third-order valence-corrected chi connectivity index (χ3v) is 5.03. The molecular weight excluding hydrogens is 348 g/mol. The minimum Gasteiger partial charge on any atom is -0.348 e. The van der Waals surface area contributed by atoms with Crippen molar-refractivity contribution in [1.29, 1.82) is 0 Å². The Morgan fingerprint density at radius 3 is 2.18 bits per heavy atom. The van der Waals surface area contributed by atoms with Crippen LogP contribution in [-0.4, -0.2) is 18.4 Å². The van der Waals surface area contributed by atoms with Crippen LogP contribution in [0.15, 0.2) is 78.9 Å². The van der Waals surface area contributed by atoms with E-state index in [2.05, 4.69) is 17.4 Å². The molecule has 140 valence electrons. The maximum atomic E-state index is 12.4. The van der Waals surface area contributed by atoms with Crippen LogP contribution >= 0.6 is 0 Å². The number of nitrogens with one attached hydrogen (secondary N) is 1. The molecule has 0 radical (unpaired) electrons. The predicted molar refractivity (Wildman–Crippen MR) is 111 cm³/mol. The molecule has 1 aliphatic rings. The second-order valence-electron chi connectivity index (χ2n) is 6.94. The largest absolute Gasteiger partial charge is 0.348 e. The topological polar surface area (TPSA) is 49.4 Å². The molecular formula is C24H22N2O2. The summed E-state index contributed by atoms with van der Waals surface area (Å²) in [5, 5.41) is 2.95. The summed E-state index contributed by atoms with van der Waals surface area (Å²) in [7, 11) is 0. The van der Waals surface area contributed by atoms with Gasteiger partial charge in [0.1, 0.15) is 0 Å². The number of hydrogen-bond acceptors (Lipinski definition) is 2. The normalized spacial score (nSPS) is 13.6. The minimum absolute atomic E-state index is 0.0987. The summed E-state index contributed by atoms with van der Waals surface area (Å²) in [6.07, 6.45) is 1.54. The smallest absolute Gasteiger partial charge is 0.251 e. The second-order valence-corrected chi connectivity index (χ2v) is 6.94. The molecule has 0 atom stereocenters. The highest BCUT2D eigenvalue weighted by molar-refractivity contribution is 5.95. The van der Waals surface area contributed by atoms with Gasteiger partial charge in [-0.1, -0.05) is 54.6 Å². The fourth-order valence-corrected chi connectivity index (χ4v) is 3.44. The average Bonchev–Trinajstić information content (AvgIpc) is 3.19. The van der Waals surface area contributed by atoms with Gasteiger partial charge in [-0.15, -0.1) is 0 Å². The molecule has 2 amide bonds. The molecule has 3 aromatic carbocycles. The first-order valence-electron chi connectivity index (χ1n) is 9.54. The van der Waals surface area contributed by atoms with E-state index in [0.717, 1.165) is 35.3 Å². The number of carbonyl (C=O) groups is 2. The molecule has 1 aliphatic heterocycles. The van der Waals surface area contributed by atoms with Crippen LogP contribution in [0.5, 0.6) is 0 Å². The fraction of sp³-hybridized carbons (Fsp3) is 0.167. The van der Waals surface area contributed by atoms with Gasteiger partial charge in [-0.05, 0) is 47.4 Å². The Kier molecular flexibility index (Phi) is 5.20. The summed E-state index contributed by atoms with van der Waals surface area (Å²) in [5.74, 6) is 0.0819. The maximum absolute atomic E-state index is 12.4. The van der Waals surface area contributed by atoms with E-state index in [9.17, 15) is 9.59 Å². The molecule has 0 spiro atoms. The van der Waals surface area contributed by atoms with Gasteiger partial charge in [-0.3, -0.25) is 9.59 Å². The lowest BCUT2D eigenvalue weighted by atomic mass is 10.0. The van der Waals surface area contributed by atoms with Crippen LogP contribution in [0.2, 0.25) is 0 Å². The third kappa shape index (κ3) is 3.96. The van der Waals surface area contributed by atoms with Crippen LogP contribution in [-0.2, 0) is 11.3 Å². The number of rotatable bonds is 5. The Labute approximate surface area is 164 Å². The standard InChI is InChI=1S/C24H22N2O2/c27-23-7-4-16-26(23)22-14-8-18(9-15-22)17-25-24(28)21-12-10-20(11-13-21)19-5-2-1-3-6-19/h1-3,5-6,8-15H,4,7,16-17H2,(H,25,28). The highest BCUT2D eigenvalue weighted by Crippen LogP contribution is 2.22. The number of carbonyl (C=O) groups excluding carboxylic acids is 2. The van der Waals surface area contributed by atoms with Crippen LogP contribution in [0.25, 0.3) is 11.1 Å². The molecule has 1 heterocycles. The summed E-state index contributed by atoms with van der Waals surface area (Å²) in [6.45, 7) is 1.24. The van der Waals surface area contributed by atoms with Crippen molar-refractivity contribution in [2.24, 2.45) is 0 Å². The van der Waals surface area contributed by atoms with Crippen molar-refractivity contribution in [1.82, 2.24) is 5.32 Å². The van der Waals surface area contributed by atoms with E-state index in [-0.39, 0.29) is 11.8 Å². The zero-order chi connectivity index (χ0) is 19.3. The lowest BCUT2D eigenvalue weighted by Gasteiger charge is -2.16. The monoisotopic (exact) mass is 370 g/mol. The molecule has 1 fully saturated rings.